The van der Waals surface area contributed by atoms with E-state index in [9.17, 15) is 17.9 Å². The van der Waals surface area contributed by atoms with Crippen LogP contribution in [0.4, 0.5) is 10.1 Å². The Hall–Kier alpha value is -0.660. The first-order chi connectivity index (χ1) is 7.87. The summed E-state index contributed by atoms with van der Waals surface area (Å²) in [6, 6.07) is 3.73. The molecule has 2 unspecified atom stereocenters. The van der Waals surface area contributed by atoms with E-state index in [1.165, 1.54) is 18.2 Å². The van der Waals surface area contributed by atoms with Gasteiger partial charge in [0, 0.05) is 5.69 Å². The minimum Gasteiger partial charge on any atom is -0.390 e. The second kappa shape index (κ2) is 4.55. The topological polar surface area (TPSA) is 66.4 Å². The van der Waals surface area contributed by atoms with Crippen LogP contribution in [0.2, 0.25) is 0 Å². The van der Waals surface area contributed by atoms with E-state index in [0.29, 0.717) is 5.69 Å². The minimum atomic E-state index is -3.18. The smallest absolute Gasteiger partial charge is 0.155 e. The second-order valence-corrected chi connectivity index (χ2v) is 7.03. The molecule has 0 bridgehead atoms. The average Bonchev–Trinajstić information content (AvgIpc) is 2.46. The highest BCUT2D eigenvalue weighted by molar-refractivity contribution is 9.10. The first-order valence-corrected chi connectivity index (χ1v) is 7.59. The SMILES string of the molecule is O=S1(=O)CC(O)C(Nc2ccc(F)c(Br)c2)C1. The van der Waals surface area contributed by atoms with Crippen LogP contribution >= 0.6 is 15.9 Å². The monoisotopic (exact) mass is 323 g/mol. The summed E-state index contributed by atoms with van der Waals surface area (Å²) in [5, 5.41) is 12.5. The molecule has 1 aromatic carbocycles. The van der Waals surface area contributed by atoms with E-state index in [1.54, 1.807) is 0 Å². The molecular formula is C10H11BrFNO3S. The number of rotatable bonds is 2. The summed E-state index contributed by atoms with van der Waals surface area (Å²) in [4.78, 5) is 0. The maximum Gasteiger partial charge on any atom is 0.155 e. The van der Waals surface area contributed by atoms with E-state index in [-0.39, 0.29) is 16.0 Å². The fraction of sp³-hybridized carbons (Fsp3) is 0.400. The lowest BCUT2D eigenvalue weighted by molar-refractivity contribution is 0.190. The summed E-state index contributed by atoms with van der Waals surface area (Å²) < 4.78 is 35.9. The van der Waals surface area contributed by atoms with E-state index in [0.717, 1.165) is 0 Å². The third kappa shape index (κ3) is 2.97. The molecule has 1 heterocycles. The van der Waals surface area contributed by atoms with Gasteiger partial charge in [0.05, 0.1) is 28.1 Å². The molecule has 94 valence electrons. The van der Waals surface area contributed by atoms with Crippen molar-refractivity contribution in [2.45, 2.75) is 12.1 Å². The lowest BCUT2D eigenvalue weighted by Crippen LogP contribution is -2.31. The van der Waals surface area contributed by atoms with E-state index < -0.39 is 27.8 Å². The van der Waals surface area contributed by atoms with Crippen LogP contribution < -0.4 is 5.32 Å². The highest BCUT2D eigenvalue weighted by atomic mass is 79.9. The Labute approximate surface area is 107 Å². The molecule has 1 aromatic rings. The molecule has 0 saturated carbocycles. The molecule has 0 aromatic heterocycles. The lowest BCUT2D eigenvalue weighted by atomic mass is 10.2. The lowest BCUT2D eigenvalue weighted by Gasteiger charge is -2.16. The van der Waals surface area contributed by atoms with Gasteiger partial charge in [-0.2, -0.15) is 0 Å². The third-order valence-corrected chi connectivity index (χ3v) is 4.92. The third-order valence-electron chi connectivity index (χ3n) is 2.59. The van der Waals surface area contributed by atoms with E-state index in [2.05, 4.69) is 21.2 Å². The van der Waals surface area contributed by atoms with Gasteiger partial charge in [0.2, 0.25) is 0 Å². The van der Waals surface area contributed by atoms with Crippen molar-refractivity contribution in [3.05, 3.63) is 28.5 Å². The van der Waals surface area contributed by atoms with Crippen molar-refractivity contribution in [2.75, 3.05) is 16.8 Å². The van der Waals surface area contributed by atoms with Crippen LogP contribution in [0.5, 0.6) is 0 Å². The van der Waals surface area contributed by atoms with Crippen molar-refractivity contribution < 1.29 is 17.9 Å². The highest BCUT2D eigenvalue weighted by Crippen LogP contribution is 2.23. The molecule has 1 aliphatic heterocycles. The molecule has 2 N–H and O–H groups in total. The van der Waals surface area contributed by atoms with Gasteiger partial charge in [-0.1, -0.05) is 0 Å². The normalized spacial score (nSPS) is 27.0. The van der Waals surface area contributed by atoms with Crippen molar-refractivity contribution in [1.29, 1.82) is 0 Å². The highest BCUT2D eigenvalue weighted by Gasteiger charge is 2.36. The van der Waals surface area contributed by atoms with Crippen molar-refractivity contribution in [1.82, 2.24) is 0 Å². The fourth-order valence-corrected chi connectivity index (χ4v) is 3.89. The van der Waals surface area contributed by atoms with Crippen molar-refractivity contribution in [3.8, 4) is 0 Å². The van der Waals surface area contributed by atoms with Crippen LogP contribution in [-0.2, 0) is 9.84 Å². The summed E-state index contributed by atoms with van der Waals surface area (Å²) in [6.07, 6.45) is -0.927. The Bertz CT molecular complexity index is 534. The van der Waals surface area contributed by atoms with Gasteiger partial charge in [0.15, 0.2) is 9.84 Å². The molecule has 7 heteroatoms. The molecule has 2 rings (SSSR count). The zero-order valence-electron chi connectivity index (χ0n) is 8.73. The first-order valence-electron chi connectivity index (χ1n) is 4.97. The van der Waals surface area contributed by atoms with Gasteiger partial charge in [-0.05, 0) is 34.1 Å². The quantitative estimate of drug-likeness (QED) is 0.857. The number of hydrogen-bond donors (Lipinski definition) is 2. The molecule has 2 atom stereocenters. The molecule has 1 saturated heterocycles. The van der Waals surface area contributed by atoms with Gasteiger partial charge in [0.25, 0.3) is 0 Å². The fourth-order valence-electron chi connectivity index (χ4n) is 1.77. The number of benzene rings is 1. The predicted octanol–water partition coefficient (Wildman–Crippen LogP) is 1.16. The average molecular weight is 324 g/mol. The number of hydrogen-bond acceptors (Lipinski definition) is 4. The number of nitrogens with one attached hydrogen (secondary N) is 1. The van der Waals surface area contributed by atoms with Crippen molar-refractivity contribution >= 4 is 31.5 Å². The molecule has 0 aliphatic carbocycles. The van der Waals surface area contributed by atoms with Crippen LogP contribution in [0.25, 0.3) is 0 Å². The first kappa shape index (κ1) is 12.8. The van der Waals surface area contributed by atoms with Gasteiger partial charge in [0.1, 0.15) is 5.82 Å². The second-order valence-electron chi connectivity index (χ2n) is 4.02. The van der Waals surface area contributed by atoms with Gasteiger partial charge in [-0.15, -0.1) is 0 Å². The molecule has 0 radical (unpaired) electrons. The Morgan fingerprint density at radius 1 is 1.41 bits per heavy atom. The van der Waals surface area contributed by atoms with E-state index in [4.69, 9.17) is 0 Å². The molecule has 1 fully saturated rings. The Morgan fingerprint density at radius 3 is 2.65 bits per heavy atom. The largest absolute Gasteiger partial charge is 0.390 e. The molecule has 0 amide bonds. The number of aliphatic hydroxyl groups is 1. The summed E-state index contributed by atoms with van der Waals surface area (Å²) in [6.45, 7) is 0. The number of anilines is 1. The summed E-state index contributed by atoms with van der Waals surface area (Å²) in [7, 11) is -3.18. The standard InChI is InChI=1S/C10H11BrFNO3S/c11-7-3-6(1-2-8(7)12)13-9-4-17(15,16)5-10(9)14/h1-3,9-10,13-14H,4-5H2. The van der Waals surface area contributed by atoms with Crippen LogP contribution in [0.1, 0.15) is 0 Å². The summed E-state index contributed by atoms with van der Waals surface area (Å²) in [5.41, 5.74) is 0.569. The number of halogens is 2. The predicted molar refractivity (Wildman–Crippen MR) is 66.2 cm³/mol. The Balaban J connectivity index is 2.14. The summed E-state index contributed by atoms with van der Waals surface area (Å²) >= 11 is 3.04. The maximum atomic E-state index is 13.0. The van der Waals surface area contributed by atoms with E-state index in [1.807, 2.05) is 0 Å². The maximum absolute atomic E-state index is 13.0. The van der Waals surface area contributed by atoms with Crippen LogP contribution in [0.15, 0.2) is 22.7 Å². The van der Waals surface area contributed by atoms with Crippen molar-refractivity contribution in [2.24, 2.45) is 0 Å². The molecule has 1 aliphatic rings. The molecular weight excluding hydrogens is 313 g/mol. The minimum absolute atomic E-state index is 0.108. The van der Waals surface area contributed by atoms with Crippen LogP contribution in [0, 0.1) is 5.82 Å². The molecule has 17 heavy (non-hydrogen) atoms. The van der Waals surface area contributed by atoms with Crippen LogP contribution in [-0.4, -0.2) is 37.2 Å². The van der Waals surface area contributed by atoms with E-state index >= 15 is 0 Å². The molecule has 0 spiro atoms. The molecule has 4 nitrogen and oxygen atoms in total. The van der Waals surface area contributed by atoms with Gasteiger partial charge in [-0.25, -0.2) is 12.8 Å². The zero-order chi connectivity index (χ0) is 12.6. The van der Waals surface area contributed by atoms with Crippen LogP contribution in [0.3, 0.4) is 0 Å². The summed E-state index contributed by atoms with van der Waals surface area (Å²) in [5.74, 6) is -0.730. The van der Waals surface area contributed by atoms with Gasteiger partial charge in [-0.3, -0.25) is 0 Å². The van der Waals surface area contributed by atoms with Gasteiger partial charge < -0.3 is 10.4 Å². The Morgan fingerprint density at radius 2 is 2.12 bits per heavy atom. The Kier molecular flexibility index (Phi) is 3.42. The van der Waals surface area contributed by atoms with Crippen molar-refractivity contribution in [3.63, 3.8) is 0 Å². The number of sulfone groups is 1. The van der Waals surface area contributed by atoms with Gasteiger partial charge >= 0.3 is 0 Å². The number of aliphatic hydroxyl groups excluding tert-OH is 1. The zero-order valence-corrected chi connectivity index (χ0v) is 11.1.